The number of carbonyl (C=O) groups excluding carboxylic acids is 1. The number of hydrogen-bond donors (Lipinski definition) is 2. The highest BCUT2D eigenvalue weighted by Crippen LogP contribution is 2.38. The van der Waals surface area contributed by atoms with E-state index in [2.05, 4.69) is 0 Å². The van der Waals surface area contributed by atoms with Gasteiger partial charge >= 0.3 is 12.1 Å². The Morgan fingerprint density at radius 3 is 2.25 bits per heavy atom. The second-order valence-corrected chi connectivity index (χ2v) is 3.66. The third-order valence-electron chi connectivity index (χ3n) is 2.18. The number of nitrogens with zero attached hydrogens (tertiary/aromatic N) is 1. The van der Waals surface area contributed by atoms with Crippen molar-refractivity contribution in [2.24, 2.45) is 0 Å². The number of alkyl halides is 3. The van der Waals surface area contributed by atoms with Crippen LogP contribution < -0.4 is 5.32 Å². The van der Waals surface area contributed by atoms with Gasteiger partial charge in [-0.05, 0) is 6.07 Å². The number of carboxylic acids is 1. The molecular weight excluding hydrogens is 285 g/mol. The topological polar surface area (TPSA) is 110 Å². The van der Waals surface area contributed by atoms with Gasteiger partial charge in [0.2, 0.25) is 5.91 Å². The number of halogens is 3. The van der Waals surface area contributed by atoms with Gasteiger partial charge in [-0.2, -0.15) is 13.2 Å². The van der Waals surface area contributed by atoms with E-state index < -0.39 is 45.5 Å². The summed E-state index contributed by atoms with van der Waals surface area (Å²) in [6, 6.07) is 0.486. The minimum absolute atomic E-state index is 0.0781. The highest BCUT2D eigenvalue weighted by atomic mass is 19.4. The van der Waals surface area contributed by atoms with Gasteiger partial charge in [-0.15, -0.1) is 0 Å². The number of carboxylic acid groups (broad SMARTS) is 1. The molecule has 0 aromatic heterocycles. The Hall–Kier alpha value is -2.65. The molecule has 1 amide bonds. The molecule has 0 unspecified atom stereocenters. The lowest BCUT2D eigenvalue weighted by Gasteiger charge is -2.13. The number of nitrogens with one attached hydrogen (secondary N) is 1. The molecule has 0 aliphatic rings. The van der Waals surface area contributed by atoms with Gasteiger partial charge in [-0.1, -0.05) is 0 Å². The van der Waals surface area contributed by atoms with Gasteiger partial charge in [0.1, 0.15) is 5.56 Å². The molecule has 7 nitrogen and oxygen atoms in total. The zero-order valence-corrected chi connectivity index (χ0v) is 9.82. The van der Waals surface area contributed by atoms with Crippen LogP contribution in [0.2, 0.25) is 0 Å². The standard InChI is InChI=1S/C10H7F3N2O5/c1-4(16)14-7-2-5(9(17)18)8(15(19)20)3-6(7)10(11,12)13/h2-3H,1H3,(H,14,16)(H,17,18). The van der Waals surface area contributed by atoms with E-state index in [0.29, 0.717) is 6.07 Å². The summed E-state index contributed by atoms with van der Waals surface area (Å²) in [6.07, 6.45) is -4.99. The average molecular weight is 292 g/mol. The summed E-state index contributed by atoms with van der Waals surface area (Å²) >= 11 is 0. The van der Waals surface area contributed by atoms with Crippen LogP contribution in [0.3, 0.4) is 0 Å². The number of benzene rings is 1. The maximum atomic E-state index is 12.8. The van der Waals surface area contributed by atoms with E-state index in [4.69, 9.17) is 5.11 Å². The summed E-state index contributed by atoms with van der Waals surface area (Å²) in [5.74, 6) is -2.65. The number of amides is 1. The molecule has 0 bridgehead atoms. The number of aromatic carboxylic acids is 1. The number of carbonyl (C=O) groups is 2. The lowest BCUT2D eigenvalue weighted by molar-refractivity contribution is -0.385. The van der Waals surface area contributed by atoms with Crippen molar-refractivity contribution in [2.75, 3.05) is 5.32 Å². The van der Waals surface area contributed by atoms with Crippen molar-refractivity contribution >= 4 is 23.3 Å². The Labute approximate surface area is 109 Å². The second-order valence-electron chi connectivity index (χ2n) is 3.66. The summed E-state index contributed by atoms with van der Waals surface area (Å²) in [7, 11) is 0. The fourth-order valence-corrected chi connectivity index (χ4v) is 1.44. The molecule has 0 saturated heterocycles. The van der Waals surface area contributed by atoms with Crippen LogP contribution in [-0.2, 0) is 11.0 Å². The molecule has 0 heterocycles. The number of rotatable bonds is 3. The minimum Gasteiger partial charge on any atom is -0.477 e. The van der Waals surface area contributed by atoms with E-state index in [9.17, 15) is 32.9 Å². The van der Waals surface area contributed by atoms with E-state index in [0.717, 1.165) is 6.92 Å². The molecule has 0 saturated carbocycles. The van der Waals surface area contributed by atoms with Crippen LogP contribution in [0.15, 0.2) is 12.1 Å². The largest absolute Gasteiger partial charge is 0.477 e. The Morgan fingerprint density at radius 1 is 1.35 bits per heavy atom. The molecule has 108 valence electrons. The quantitative estimate of drug-likeness (QED) is 0.656. The first-order valence-electron chi connectivity index (χ1n) is 4.94. The van der Waals surface area contributed by atoms with Crippen molar-refractivity contribution in [3.63, 3.8) is 0 Å². The van der Waals surface area contributed by atoms with E-state index in [-0.39, 0.29) is 6.07 Å². The van der Waals surface area contributed by atoms with Crippen LogP contribution in [-0.4, -0.2) is 21.9 Å². The molecule has 1 aromatic rings. The highest BCUT2D eigenvalue weighted by molar-refractivity contribution is 5.97. The lowest BCUT2D eigenvalue weighted by Crippen LogP contribution is -2.16. The summed E-state index contributed by atoms with van der Waals surface area (Å²) < 4.78 is 38.3. The van der Waals surface area contributed by atoms with Gasteiger partial charge in [-0.25, -0.2) is 4.79 Å². The molecule has 0 aliphatic heterocycles. The Balaban J connectivity index is 3.64. The summed E-state index contributed by atoms with van der Waals surface area (Å²) in [6.45, 7) is 0.919. The monoisotopic (exact) mass is 292 g/mol. The van der Waals surface area contributed by atoms with E-state index in [1.54, 1.807) is 5.32 Å². The van der Waals surface area contributed by atoms with Crippen LogP contribution in [0.4, 0.5) is 24.5 Å². The first kappa shape index (κ1) is 15.4. The minimum atomic E-state index is -4.99. The Morgan fingerprint density at radius 2 is 1.90 bits per heavy atom. The third-order valence-corrected chi connectivity index (χ3v) is 2.18. The molecule has 0 fully saturated rings. The molecule has 0 spiro atoms. The maximum Gasteiger partial charge on any atom is 0.418 e. The van der Waals surface area contributed by atoms with Crippen molar-refractivity contribution in [2.45, 2.75) is 13.1 Å². The van der Waals surface area contributed by atoms with Crippen molar-refractivity contribution in [1.82, 2.24) is 0 Å². The van der Waals surface area contributed by atoms with Crippen molar-refractivity contribution < 1.29 is 32.8 Å². The summed E-state index contributed by atoms with van der Waals surface area (Å²) in [4.78, 5) is 31.0. The normalized spacial score (nSPS) is 11.0. The number of nitro groups is 1. The molecule has 2 N–H and O–H groups in total. The summed E-state index contributed by atoms with van der Waals surface area (Å²) in [5.41, 5.74) is -4.51. The van der Waals surface area contributed by atoms with Crippen molar-refractivity contribution in [3.05, 3.63) is 33.4 Å². The molecule has 0 radical (unpaired) electrons. The molecule has 1 aromatic carbocycles. The SMILES string of the molecule is CC(=O)Nc1cc(C(=O)O)c([N+](=O)[O-])cc1C(F)(F)F. The zero-order valence-electron chi connectivity index (χ0n) is 9.82. The highest BCUT2D eigenvalue weighted by Gasteiger charge is 2.37. The second kappa shape index (κ2) is 5.15. The molecule has 20 heavy (non-hydrogen) atoms. The van der Waals surface area contributed by atoms with Crippen LogP contribution >= 0.6 is 0 Å². The van der Waals surface area contributed by atoms with E-state index in [1.807, 2.05) is 0 Å². The van der Waals surface area contributed by atoms with Crippen LogP contribution in [0, 0.1) is 10.1 Å². The Bertz CT molecular complexity index is 597. The van der Waals surface area contributed by atoms with Gasteiger partial charge in [0.25, 0.3) is 5.69 Å². The molecule has 0 atom stereocenters. The van der Waals surface area contributed by atoms with Gasteiger partial charge in [0.15, 0.2) is 0 Å². The predicted molar refractivity (Wildman–Crippen MR) is 59.4 cm³/mol. The van der Waals surface area contributed by atoms with Gasteiger partial charge in [0.05, 0.1) is 16.2 Å². The summed E-state index contributed by atoms with van der Waals surface area (Å²) in [5, 5.41) is 21.2. The molecule has 10 heteroatoms. The van der Waals surface area contributed by atoms with Crippen LogP contribution in [0.1, 0.15) is 22.8 Å². The van der Waals surface area contributed by atoms with Crippen LogP contribution in [0.25, 0.3) is 0 Å². The average Bonchev–Trinajstić information content (AvgIpc) is 2.25. The van der Waals surface area contributed by atoms with Gasteiger partial charge in [-0.3, -0.25) is 14.9 Å². The van der Waals surface area contributed by atoms with E-state index >= 15 is 0 Å². The third kappa shape index (κ3) is 3.22. The molecule has 1 rings (SSSR count). The Kier molecular flexibility index (Phi) is 3.97. The zero-order chi connectivity index (χ0) is 15.7. The first-order chi connectivity index (χ1) is 9.04. The number of nitro benzene ring substituents is 1. The fourth-order valence-electron chi connectivity index (χ4n) is 1.44. The van der Waals surface area contributed by atoms with Gasteiger partial charge < -0.3 is 10.4 Å². The van der Waals surface area contributed by atoms with E-state index in [1.165, 1.54) is 0 Å². The fraction of sp³-hybridized carbons (Fsp3) is 0.200. The lowest BCUT2D eigenvalue weighted by atomic mass is 10.1. The van der Waals surface area contributed by atoms with Crippen molar-refractivity contribution in [1.29, 1.82) is 0 Å². The number of anilines is 1. The smallest absolute Gasteiger partial charge is 0.418 e. The molecular formula is C10H7F3N2O5. The first-order valence-corrected chi connectivity index (χ1v) is 4.94. The predicted octanol–water partition coefficient (Wildman–Crippen LogP) is 2.27. The van der Waals surface area contributed by atoms with Crippen LogP contribution in [0.5, 0.6) is 0 Å². The van der Waals surface area contributed by atoms with Crippen molar-refractivity contribution in [3.8, 4) is 0 Å². The molecule has 0 aliphatic carbocycles. The van der Waals surface area contributed by atoms with Gasteiger partial charge in [0, 0.05) is 13.0 Å². The number of hydrogen-bond acceptors (Lipinski definition) is 4. The maximum absolute atomic E-state index is 12.8.